The number of ether oxygens (including phenoxy) is 2. The Morgan fingerprint density at radius 3 is 2.09 bits per heavy atom. The summed E-state index contributed by atoms with van der Waals surface area (Å²) in [4.78, 5) is 33.6. The van der Waals surface area contributed by atoms with Crippen LogP contribution in [0, 0.1) is 43.9 Å². The molecule has 0 fully saturated rings. The van der Waals surface area contributed by atoms with Gasteiger partial charge in [-0.2, -0.15) is 0 Å². The van der Waals surface area contributed by atoms with Crippen molar-refractivity contribution in [3.8, 4) is 5.75 Å². The van der Waals surface area contributed by atoms with E-state index in [1.54, 1.807) is 6.92 Å². The van der Waals surface area contributed by atoms with E-state index >= 15 is 4.39 Å². The monoisotopic (exact) mass is 638 g/mol. The summed E-state index contributed by atoms with van der Waals surface area (Å²) in [6.45, 7) is 1.95. The topological polar surface area (TPSA) is 122 Å². The van der Waals surface area contributed by atoms with Crippen molar-refractivity contribution in [1.82, 2.24) is 0 Å². The van der Waals surface area contributed by atoms with Crippen molar-refractivity contribution in [3.05, 3.63) is 37.9 Å². The van der Waals surface area contributed by atoms with E-state index in [1.165, 1.54) is 6.92 Å². The molecule has 0 spiro atoms. The second-order valence-corrected chi connectivity index (χ2v) is 10.5. The Morgan fingerprint density at radius 2 is 1.65 bits per heavy atom. The van der Waals surface area contributed by atoms with Crippen LogP contribution in [-0.4, -0.2) is 54.2 Å². The molecular weight excluding hydrogens is 604 g/mol. The van der Waals surface area contributed by atoms with Crippen LogP contribution in [0.25, 0.3) is 0 Å². The van der Waals surface area contributed by atoms with Gasteiger partial charge in [0, 0.05) is 42.2 Å². The molecular formula is C26H34F8N2O7. The highest BCUT2D eigenvalue weighted by atomic mass is 19.3. The number of carbonyl (C=O) groups excluding carboxylic acids is 1. The first-order valence-corrected chi connectivity index (χ1v) is 13.3. The summed E-state index contributed by atoms with van der Waals surface area (Å²) >= 11 is 0. The molecule has 0 aliphatic rings. The number of rotatable bonds is 18. The molecule has 1 aromatic rings. The number of carbonyl (C=O) groups is 1. The Morgan fingerprint density at radius 1 is 1.05 bits per heavy atom. The molecule has 0 heterocycles. The van der Waals surface area contributed by atoms with E-state index in [-0.39, 0.29) is 12.0 Å². The lowest BCUT2D eigenvalue weighted by molar-refractivity contribution is -0.394. The van der Waals surface area contributed by atoms with Gasteiger partial charge in [-0.1, -0.05) is 20.8 Å². The van der Waals surface area contributed by atoms with Gasteiger partial charge in [-0.25, -0.2) is 35.5 Å². The molecule has 0 N–H and O–H groups in total. The van der Waals surface area contributed by atoms with Gasteiger partial charge in [0.25, 0.3) is 5.69 Å². The fraction of sp³-hybridized carbons (Fsp3) is 0.731. The average molecular weight is 639 g/mol. The van der Waals surface area contributed by atoms with Crippen LogP contribution in [0.5, 0.6) is 5.75 Å². The predicted octanol–water partition coefficient (Wildman–Crippen LogP) is 8.68. The minimum absolute atomic E-state index is 0.133. The summed E-state index contributed by atoms with van der Waals surface area (Å²) < 4.78 is 121. The molecule has 6 unspecified atom stereocenters. The summed E-state index contributed by atoms with van der Waals surface area (Å²) in [6.07, 6.45) is -14.2. The van der Waals surface area contributed by atoms with Crippen molar-refractivity contribution >= 4 is 17.5 Å². The molecule has 1 rings (SSSR count). The summed E-state index contributed by atoms with van der Waals surface area (Å²) in [5, 5.41) is 22.9. The smallest absolute Gasteiger partial charge is 0.434 e. The number of nitro groups is 2. The molecule has 1 aromatic carbocycles. The van der Waals surface area contributed by atoms with Crippen molar-refractivity contribution in [2.24, 2.45) is 23.7 Å². The normalized spacial score (nSPS) is 16.3. The van der Waals surface area contributed by atoms with Crippen LogP contribution in [0.2, 0.25) is 0 Å². The van der Waals surface area contributed by atoms with Crippen molar-refractivity contribution < 1.29 is 59.2 Å². The van der Waals surface area contributed by atoms with Crippen molar-refractivity contribution in [3.63, 3.8) is 0 Å². The van der Waals surface area contributed by atoms with E-state index in [0.29, 0.717) is 13.0 Å². The Bertz CT molecular complexity index is 1090. The summed E-state index contributed by atoms with van der Waals surface area (Å²) in [6, 6.07) is 1.45. The minimum atomic E-state index is -3.76. The Balaban J connectivity index is 3.47. The number of non-ortho nitro benzene ring substituents is 1. The third-order valence-corrected chi connectivity index (χ3v) is 7.13. The van der Waals surface area contributed by atoms with Crippen LogP contribution in [0.4, 0.5) is 51.3 Å². The number of halogens is 8. The second kappa shape index (κ2) is 16.5. The highest BCUT2D eigenvalue weighted by molar-refractivity contribution is 5.70. The maximum absolute atomic E-state index is 15.5. The van der Waals surface area contributed by atoms with E-state index in [0.717, 1.165) is 13.0 Å². The molecule has 0 saturated carbocycles. The highest BCUT2D eigenvalue weighted by Crippen LogP contribution is 2.43. The number of nitrogens with zero attached hydrogens (tertiary/aromatic N) is 2. The molecule has 9 nitrogen and oxygen atoms in total. The van der Waals surface area contributed by atoms with Gasteiger partial charge >= 0.3 is 11.8 Å². The van der Waals surface area contributed by atoms with Crippen LogP contribution in [0.15, 0.2) is 12.1 Å². The lowest BCUT2D eigenvalue weighted by Crippen LogP contribution is -2.43. The van der Waals surface area contributed by atoms with Crippen molar-refractivity contribution in [1.29, 1.82) is 0 Å². The second-order valence-electron chi connectivity index (χ2n) is 10.5. The third-order valence-electron chi connectivity index (χ3n) is 7.13. The third kappa shape index (κ3) is 11.4. The van der Waals surface area contributed by atoms with Gasteiger partial charge in [0.1, 0.15) is 6.17 Å². The zero-order valence-corrected chi connectivity index (χ0v) is 23.8. The zero-order chi connectivity index (χ0) is 33.2. The predicted molar refractivity (Wildman–Crippen MR) is 137 cm³/mol. The molecule has 0 aliphatic carbocycles. The number of hydrogen-bond donors (Lipinski definition) is 0. The van der Waals surface area contributed by atoms with E-state index in [4.69, 9.17) is 9.47 Å². The van der Waals surface area contributed by atoms with E-state index in [9.17, 15) is 55.8 Å². The summed E-state index contributed by atoms with van der Waals surface area (Å²) in [5.41, 5.74) is -1.82. The fourth-order valence-corrected chi connectivity index (χ4v) is 4.82. The SMILES string of the molecule is CCC(C)c1cc([N+](=O)[O-])cc([N+](=O)[O-])c1OC(=O)OCC(CCF)C(C(F)C(C)CC(F)F)C(CC(C)(F)F)C(F)F. The Hall–Kier alpha value is -3.27. The quantitative estimate of drug-likeness (QED) is 0.0518. The first-order valence-electron chi connectivity index (χ1n) is 13.3. The van der Waals surface area contributed by atoms with Crippen LogP contribution in [0.3, 0.4) is 0 Å². The lowest BCUT2D eigenvalue weighted by atomic mass is 9.72. The van der Waals surface area contributed by atoms with Crippen LogP contribution < -0.4 is 4.74 Å². The summed E-state index contributed by atoms with van der Waals surface area (Å²) in [5.74, 6) is -13.1. The largest absolute Gasteiger partial charge is 0.514 e. The van der Waals surface area contributed by atoms with Gasteiger partial charge in [0.15, 0.2) is 0 Å². The Kier molecular flexibility index (Phi) is 14.5. The van der Waals surface area contributed by atoms with Crippen molar-refractivity contribution in [2.75, 3.05) is 13.3 Å². The van der Waals surface area contributed by atoms with E-state index in [2.05, 4.69) is 0 Å². The zero-order valence-electron chi connectivity index (χ0n) is 23.8. The fourth-order valence-electron chi connectivity index (χ4n) is 4.82. The minimum Gasteiger partial charge on any atom is -0.434 e. The maximum atomic E-state index is 15.5. The van der Waals surface area contributed by atoms with Crippen molar-refractivity contribution in [2.45, 2.75) is 84.2 Å². The molecule has 6 atom stereocenters. The lowest BCUT2D eigenvalue weighted by Gasteiger charge is -2.38. The van der Waals surface area contributed by atoms with Gasteiger partial charge < -0.3 is 9.47 Å². The Labute approximate surface area is 242 Å². The number of alkyl halides is 8. The van der Waals surface area contributed by atoms with E-state index < -0.39 is 120 Å². The molecule has 17 heteroatoms. The number of hydrogen-bond acceptors (Lipinski definition) is 7. The van der Waals surface area contributed by atoms with Crippen LogP contribution in [-0.2, 0) is 4.74 Å². The molecule has 0 radical (unpaired) electrons. The van der Waals surface area contributed by atoms with Gasteiger partial charge in [-0.05, 0) is 31.6 Å². The number of benzene rings is 1. The van der Waals surface area contributed by atoms with Gasteiger partial charge in [-0.15, -0.1) is 0 Å². The van der Waals surface area contributed by atoms with Gasteiger partial charge in [-0.3, -0.25) is 24.6 Å². The first-order chi connectivity index (χ1) is 19.8. The van der Waals surface area contributed by atoms with Gasteiger partial charge in [0.2, 0.25) is 24.5 Å². The highest BCUT2D eigenvalue weighted by Gasteiger charge is 2.46. The number of nitro benzene ring substituents is 2. The molecule has 0 aromatic heterocycles. The molecule has 0 saturated heterocycles. The molecule has 0 aliphatic heterocycles. The standard InChI is InChI=1S/C26H34F8N2O7/c1-5-13(2)17-9-16(35(38)39)10-19(36(40)41)23(17)43-25(37)42-12-15(6-7-27)21(22(30)14(3)8-20(28)29)18(24(31)32)11-26(4,33)34/h9-10,13-15,18,20-22,24H,5-8,11-12H2,1-4H3. The molecule has 43 heavy (non-hydrogen) atoms. The summed E-state index contributed by atoms with van der Waals surface area (Å²) in [7, 11) is 0. The molecule has 0 bridgehead atoms. The van der Waals surface area contributed by atoms with E-state index in [1.807, 2.05) is 0 Å². The molecule has 0 amide bonds. The van der Waals surface area contributed by atoms with Crippen LogP contribution in [0.1, 0.15) is 64.9 Å². The maximum Gasteiger partial charge on any atom is 0.514 e. The first kappa shape index (κ1) is 37.8. The average Bonchev–Trinajstić information content (AvgIpc) is 2.89. The van der Waals surface area contributed by atoms with Gasteiger partial charge in [0.05, 0.1) is 29.2 Å². The van der Waals surface area contributed by atoms with Crippen LogP contribution >= 0.6 is 0 Å². The molecule has 246 valence electrons.